The molecule has 0 bridgehead atoms. The number of carbonyl (C=O) groups excluding carboxylic acids is 1. The van der Waals surface area contributed by atoms with Crippen LogP contribution in [0.4, 0.5) is 0 Å². The van der Waals surface area contributed by atoms with Crippen LogP contribution in [0.5, 0.6) is 0 Å². The molecule has 9 heteroatoms. The van der Waals surface area contributed by atoms with E-state index in [-0.39, 0.29) is 23.5 Å². The van der Waals surface area contributed by atoms with Gasteiger partial charge in [-0.3, -0.25) is 14.5 Å². The number of aromatic amines is 1. The number of piperidine rings is 1. The lowest BCUT2D eigenvalue weighted by Crippen LogP contribution is -2.42. The molecule has 1 aliphatic heterocycles. The number of carbonyl (C=O) groups is 1. The van der Waals surface area contributed by atoms with Gasteiger partial charge in [0.15, 0.2) is 5.82 Å². The third-order valence-electron chi connectivity index (χ3n) is 7.97. The molecule has 1 atom stereocenters. The lowest BCUT2D eigenvalue weighted by atomic mass is 9.92. The number of esters is 1. The Kier molecular flexibility index (Phi) is 7.18. The number of aromatic nitrogens is 5. The van der Waals surface area contributed by atoms with Gasteiger partial charge < -0.3 is 9.72 Å². The molecule has 36 heavy (non-hydrogen) atoms. The standard InChI is InChI=1S/C27H36N6O3/c1-4-36-27(35)19-12-14-32(15-13-19)24(25-29-30-31-33(25)20-8-6-5-7-9-20)22-16-21-17(2)10-11-18(3)23(21)28-26(22)34/h10-11,16,19-20,24H,4-9,12-15H2,1-3H3,(H,28,34)/t24-/m1/s1. The molecule has 1 aliphatic carbocycles. The number of pyridine rings is 1. The molecule has 1 saturated carbocycles. The van der Waals surface area contributed by atoms with Gasteiger partial charge in [0.1, 0.15) is 6.04 Å². The third kappa shape index (κ3) is 4.68. The van der Waals surface area contributed by atoms with Crippen molar-refractivity contribution >= 4 is 16.9 Å². The van der Waals surface area contributed by atoms with Crippen LogP contribution in [0.15, 0.2) is 23.0 Å². The number of likely N-dealkylation sites (tertiary alicyclic amines) is 1. The van der Waals surface area contributed by atoms with Crippen molar-refractivity contribution in [2.75, 3.05) is 19.7 Å². The van der Waals surface area contributed by atoms with Crippen LogP contribution in [-0.4, -0.2) is 55.8 Å². The zero-order valence-corrected chi connectivity index (χ0v) is 21.5. The number of hydrogen-bond donors (Lipinski definition) is 1. The summed E-state index contributed by atoms with van der Waals surface area (Å²) in [4.78, 5) is 31.4. The molecular weight excluding hydrogens is 456 g/mol. The quantitative estimate of drug-likeness (QED) is 0.518. The zero-order valence-electron chi connectivity index (χ0n) is 21.5. The van der Waals surface area contributed by atoms with Gasteiger partial charge in [-0.2, -0.15) is 0 Å². The Labute approximate surface area is 211 Å². The van der Waals surface area contributed by atoms with Crippen molar-refractivity contribution in [2.24, 2.45) is 5.92 Å². The summed E-state index contributed by atoms with van der Waals surface area (Å²) in [6.45, 7) is 7.63. The SMILES string of the molecule is CCOC(=O)C1CCN([C@H](c2cc3c(C)ccc(C)c3[nH]c2=O)c2nnnn2C2CCCCC2)CC1. The van der Waals surface area contributed by atoms with E-state index >= 15 is 0 Å². The number of benzene rings is 1. The van der Waals surface area contributed by atoms with Crippen LogP contribution in [0.3, 0.4) is 0 Å². The number of H-pyrrole nitrogens is 1. The number of nitrogens with one attached hydrogen (secondary N) is 1. The summed E-state index contributed by atoms with van der Waals surface area (Å²) in [6, 6.07) is 6.00. The minimum absolute atomic E-state index is 0.115. The first kappa shape index (κ1) is 24.6. The molecule has 2 fully saturated rings. The van der Waals surface area contributed by atoms with Crippen molar-refractivity contribution in [1.82, 2.24) is 30.1 Å². The first-order valence-corrected chi connectivity index (χ1v) is 13.3. The number of aryl methyl sites for hydroxylation is 2. The van der Waals surface area contributed by atoms with E-state index in [0.717, 1.165) is 47.7 Å². The second-order valence-electron chi connectivity index (χ2n) is 10.3. The lowest BCUT2D eigenvalue weighted by molar-refractivity contribution is -0.149. The van der Waals surface area contributed by atoms with E-state index in [4.69, 9.17) is 4.74 Å². The van der Waals surface area contributed by atoms with Crippen LogP contribution in [-0.2, 0) is 9.53 Å². The summed E-state index contributed by atoms with van der Waals surface area (Å²) >= 11 is 0. The van der Waals surface area contributed by atoms with Crippen molar-refractivity contribution in [2.45, 2.75) is 77.8 Å². The topological polar surface area (TPSA) is 106 Å². The maximum Gasteiger partial charge on any atom is 0.309 e. The number of fused-ring (bicyclic) bond motifs is 1. The van der Waals surface area contributed by atoms with Crippen LogP contribution in [0.1, 0.15) is 86.5 Å². The number of rotatable bonds is 6. The highest BCUT2D eigenvalue weighted by atomic mass is 16.5. The summed E-state index contributed by atoms with van der Waals surface area (Å²) in [5, 5.41) is 14.0. The molecule has 3 aromatic rings. The maximum atomic E-state index is 13.6. The first-order chi connectivity index (χ1) is 17.5. The number of tetrazole rings is 1. The Hall–Kier alpha value is -3.07. The molecule has 3 heterocycles. The van der Waals surface area contributed by atoms with E-state index in [1.165, 1.54) is 6.42 Å². The summed E-state index contributed by atoms with van der Waals surface area (Å²) in [6.07, 6.45) is 7.02. The monoisotopic (exact) mass is 492 g/mol. The average molecular weight is 493 g/mol. The molecule has 1 aromatic carbocycles. The highest BCUT2D eigenvalue weighted by Gasteiger charge is 2.36. The number of hydrogen-bond acceptors (Lipinski definition) is 7. The van der Waals surface area contributed by atoms with E-state index < -0.39 is 6.04 Å². The minimum atomic E-state index is -0.391. The predicted octanol–water partition coefficient (Wildman–Crippen LogP) is 4.00. The van der Waals surface area contributed by atoms with Gasteiger partial charge in [-0.25, -0.2) is 4.68 Å². The fraction of sp³-hybridized carbons (Fsp3) is 0.593. The van der Waals surface area contributed by atoms with E-state index in [0.29, 0.717) is 43.9 Å². The smallest absolute Gasteiger partial charge is 0.309 e. The van der Waals surface area contributed by atoms with Crippen LogP contribution in [0, 0.1) is 19.8 Å². The summed E-state index contributed by atoms with van der Waals surface area (Å²) in [5.74, 6) is 0.470. The molecule has 2 aromatic heterocycles. The summed E-state index contributed by atoms with van der Waals surface area (Å²) < 4.78 is 7.24. The van der Waals surface area contributed by atoms with Crippen molar-refractivity contribution in [3.63, 3.8) is 0 Å². The van der Waals surface area contributed by atoms with Gasteiger partial charge in [-0.05, 0) is 74.1 Å². The average Bonchev–Trinajstić information content (AvgIpc) is 3.38. The molecular formula is C27H36N6O3. The Morgan fingerprint density at radius 1 is 1.11 bits per heavy atom. The fourth-order valence-corrected chi connectivity index (χ4v) is 5.91. The van der Waals surface area contributed by atoms with Crippen LogP contribution in [0.2, 0.25) is 0 Å². The first-order valence-electron chi connectivity index (χ1n) is 13.3. The van der Waals surface area contributed by atoms with Crippen LogP contribution < -0.4 is 5.56 Å². The summed E-state index contributed by atoms with van der Waals surface area (Å²) in [5.41, 5.74) is 3.55. The molecule has 0 unspecified atom stereocenters. The molecule has 9 nitrogen and oxygen atoms in total. The van der Waals surface area contributed by atoms with Crippen LogP contribution >= 0.6 is 0 Å². The fourth-order valence-electron chi connectivity index (χ4n) is 5.91. The van der Waals surface area contributed by atoms with Gasteiger partial charge in [0, 0.05) is 24.0 Å². The van der Waals surface area contributed by atoms with Crippen molar-refractivity contribution in [3.05, 3.63) is 51.1 Å². The molecule has 0 radical (unpaired) electrons. The van der Waals surface area contributed by atoms with E-state index in [2.05, 4.69) is 38.4 Å². The molecule has 5 rings (SSSR count). The van der Waals surface area contributed by atoms with E-state index in [1.807, 2.05) is 30.7 Å². The van der Waals surface area contributed by atoms with E-state index in [1.54, 1.807) is 0 Å². The highest BCUT2D eigenvalue weighted by molar-refractivity contribution is 5.85. The highest BCUT2D eigenvalue weighted by Crippen LogP contribution is 2.35. The Balaban J connectivity index is 1.57. The second-order valence-corrected chi connectivity index (χ2v) is 10.3. The zero-order chi connectivity index (χ0) is 25.2. The largest absolute Gasteiger partial charge is 0.466 e. The van der Waals surface area contributed by atoms with Gasteiger partial charge in [0.2, 0.25) is 0 Å². The predicted molar refractivity (Wildman–Crippen MR) is 137 cm³/mol. The summed E-state index contributed by atoms with van der Waals surface area (Å²) in [7, 11) is 0. The van der Waals surface area contributed by atoms with Crippen LogP contribution in [0.25, 0.3) is 10.9 Å². The van der Waals surface area contributed by atoms with Crippen molar-refractivity contribution in [3.8, 4) is 0 Å². The maximum absolute atomic E-state index is 13.6. The second kappa shape index (κ2) is 10.5. The third-order valence-corrected chi connectivity index (χ3v) is 7.97. The van der Waals surface area contributed by atoms with Gasteiger partial charge >= 0.3 is 5.97 Å². The number of nitrogens with zero attached hydrogens (tertiary/aromatic N) is 5. The molecule has 0 spiro atoms. The Morgan fingerprint density at radius 3 is 2.56 bits per heavy atom. The molecule has 1 saturated heterocycles. The minimum Gasteiger partial charge on any atom is -0.466 e. The Morgan fingerprint density at radius 2 is 1.83 bits per heavy atom. The van der Waals surface area contributed by atoms with Gasteiger partial charge in [0.25, 0.3) is 5.56 Å². The van der Waals surface area contributed by atoms with Crippen molar-refractivity contribution < 1.29 is 9.53 Å². The van der Waals surface area contributed by atoms with E-state index in [9.17, 15) is 9.59 Å². The molecule has 0 amide bonds. The van der Waals surface area contributed by atoms with Crippen molar-refractivity contribution in [1.29, 1.82) is 0 Å². The van der Waals surface area contributed by atoms with Gasteiger partial charge in [-0.1, -0.05) is 31.4 Å². The Bertz CT molecular complexity index is 1280. The number of ether oxygens (including phenoxy) is 1. The van der Waals surface area contributed by atoms with Gasteiger partial charge in [-0.15, -0.1) is 5.10 Å². The lowest BCUT2D eigenvalue weighted by Gasteiger charge is -2.36. The molecule has 2 aliphatic rings. The van der Waals surface area contributed by atoms with Gasteiger partial charge in [0.05, 0.1) is 24.1 Å². The normalized spacial score (nSPS) is 19.0. The molecule has 1 N–H and O–H groups in total. The molecule has 192 valence electrons.